The van der Waals surface area contributed by atoms with Gasteiger partial charge >= 0.3 is 0 Å². The molecule has 2 aromatic heterocycles. The summed E-state index contributed by atoms with van der Waals surface area (Å²) in [7, 11) is 0. The van der Waals surface area contributed by atoms with Gasteiger partial charge in [-0.15, -0.1) is 0 Å². The summed E-state index contributed by atoms with van der Waals surface area (Å²) in [5.74, 6) is 0. The fraction of sp³-hybridized carbons (Fsp3) is 0.0732. The maximum Gasteiger partial charge on any atom is 0.0787 e. The van der Waals surface area contributed by atoms with Crippen molar-refractivity contribution in [2.45, 2.75) is 19.3 Å². The van der Waals surface area contributed by atoms with E-state index in [9.17, 15) is 0 Å². The fourth-order valence-corrected chi connectivity index (χ4v) is 6.32. The zero-order chi connectivity index (χ0) is 29.0. The highest BCUT2D eigenvalue weighted by atomic mass is 14.7. The molecule has 2 nitrogen and oxygen atoms in total. The van der Waals surface area contributed by atoms with Gasteiger partial charge in [0, 0.05) is 38.1 Å². The van der Waals surface area contributed by atoms with Gasteiger partial charge in [-0.25, -0.2) is 9.97 Å². The number of pyridine rings is 2. The van der Waals surface area contributed by atoms with Gasteiger partial charge in [0.05, 0.1) is 22.4 Å². The van der Waals surface area contributed by atoms with Crippen molar-refractivity contribution in [1.82, 2.24) is 9.97 Å². The molecular formula is C41H30N2. The average molecular weight is 551 g/mol. The zero-order valence-corrected chi connectivity index (χ0v) is 24.3. The van der Waals surface area contributed by atoms with Gasteiger partial charge in [0.15, 0.2) is 0 Å². The quantitative estimate of drug-likeness (QED) is 0.204. The molecule has 6 aromatic carbocycles. The molecule has 0 saturated heterocycles. The summed E-state index contributed by atoms with van der Waals surface area (Å²) in [5.41, 5.74) is 8.72. The largest absolute Gasteiger partial charge is 0.247 e. The first kappa shape index (κ1) is 25.4. The lowest BCUT2D eigenvalue weighted by atomic mass is 9.77. The highest BCUT2D eigenvalue weighted by Gasteiger charge is 2.23. The van der Waals surface area contributed by atoms with Crippen LogP contribution < -0.4 is 0 Å². The lowest BCUT2D eigenvalue weighted by Crippen LogP contribution is -2.18. The van der Waals surface area contributed by atoms with E-state index in [-0.39, 0.29) is 5.41 Å². The van der Waals surface area contributed by atoms with Crippen LogP contribution >= 0.6 is 0 Å². The summed E-state index contributed by atoms with van der Waals surface area (Å²) in [6.45, 7) is 4.58. The molecule has 0 spiro atoms. The SMILES string of the molecule is CC(C)(c1ccc(-c2ccc3ccc4ccccc4c3n2)cc1)c1ccc(-c2ccc3ccc4ccccc4c3n2)cc1. The smallest absolute Gasteiger partial charge is 0.0787 e. The van der Waals surface area contributed by atoms with E-state index in [1.54, 1.807) is 0 Å². The Labute approximate surface area is 251 Å². The minimum absolute atomic E-state index is 0.156. The van der Waals surface area contributed by atoms with Crippen LogP contribution in [0.1, 0.15) is 25.0 Å². The lowest BCUT2D eigenvalue weighted by Gasteiger charge is -2.26. The summed E-state index contributed by atoms with van der Waals surface area (Å²) < 4.78 is 0. The first-order valence-corrected chi connectivity index (χ1v) is 14.8. The highest BCUT2D eigenvalue weighted by Crippen LogP contribution is 2.35. The van der Waals surface area contributed by atoms with Crippen molar-refractivity contribution in [2.75, 3.05) is 0 Å². The predicted octanol–water partition coefficient (Wildman–Crippen LogP) is 10.7. The van der Waals surface area contributed by atoms with Crippen LogP contribution in [0.3, 0.4) is 0 Å². The second kappa shape index (κ2) is 9.89. The number of benzene rings is 6. The van der Waals surface area contributed by atoms with E-state index >= 15 is 0 Å². The Balaban J connectivity index is 1.09. The summed E-state index contributed by atoms with van der Waals surface area (Å²) in [6.07, 6.45) is 0. The molecule has 2 heteroatoms. The highest BCUT2D eigenvalue weighted by molar-refractivity contribution is 6.06. The van der Waals surface area contributed by atoms with Crippen molar-refractivity contribution in [3.8, 4) is 22.5 Å². The number of hydrogen-bond acceptors (Lipinski definition) is 2. The van der Waals surface area contributed by atoms with E-state index in [0.717, 1.165) is 44.3 Å². The minimum Gasteiger partial charge on any atom is -0.247 e. The minimum atomic E-state index is -0.156. The molecule has 0 atom stereocenters. The van der Waals surface area contributed by atoms with Crippen LogP contribution in [-0.2, 0) is 5.41 Å². The third-order valence-corrected chi connectivity index (χ3v) is 8.97. The fourth-order valence-electron chi connectivity index (χ4n) is 6.32. The standard InChI is InChI=1S/C41H30N2/c1-41(2,33-21-15-29(16-22-33)37-25-19-31-13-11-27-7-3-5-9-35(27)39(31)42-37)34-23-17-30(18-24-34)38-26-20-32-14-12-28-8-4-6-10-36(28)40(32)43-38/h3-26H,1-2H3. The normalized spacial score (nSPS) is 12.0. The van der Waals surface area contributed by atoms with Gasteiger partial charge < -0.3 is 0 Å². The van der Waals surface area contributed by atoms with Crippen molar-refractivity contribution in [1.29, 1.82) is 0 Å². The Morgan fingerprint density at radius 2 is 0.744 bits per heavy atom. The molecule has 8 rings (SSSR count). The van der Waals surface area contributed by atoms with Crippen molar-refractivity contribution in [2.24, 2.45) is 0 Å². The van der Waals surface area contributed by atoms with Crippen molar-refractivity contribution >= 4 is 43.4 Å². The number of aromatic nitrogens is 2. The molecule has 204 valence electrons. The second-order valence-corrected chi connectivity index (χ2v) is 11.9. The van der Waals surface area contributed by atoms with Crippen LogP contribution in [-0.4, -0.2) is 9.97 Å². The Kier molecular flexibility index (Phi) is 5.84. The van der Waals surface area contributed by atoms with Crippen LogP contribution in [0.15, 0.2) is 146 Å². The zero-order valence-electron chi connectivity index (χ0n) is 24.3. The summed E-state index contributed by atoms with van der Waals surface area (Å²) in [6, 6.07) is 52.0. The summed E-state index contributed by atoms with van der Waals surface area (Å²) in [4.78, 5) is 10.2. The lowest BCUT2D eigenvalue weighted by molar-refractivity contribution is 0.641. The van der Waals surface area contributed by atoms with E-state index in [0.29, 0.717) is 0 Å². The van der Waals surface area contributed by atoms with Crippen LogP contribution in [0.2, 0.25) is 0 Å². The van der Waals surface area contributed by atoms with Crippen LogP contribution in [0.4, 0.5) is 0 Å². The van der Waals surface area contributed by atoms with Crippen LogP contribution in [0.5, 0.6) is 0 Å². The van der Waals surface area contributed by atoms with E-state index in [1.807, 2.05) is 0 Å². The van der Waals surface area contributed by atoms with Gasteiger partial charge in [-0.3, -0.25) is 0 Å². The maximum absolute atomic E-state index is 5.09. The van der Waals surface area contributed by atoms with E-state index < -0.39 is 0 Å². The van der Waals surface area contributed by atoms with Crippen LogP contribution in [0.25, 0.3) is 65.9 Å². The Morgan fingerprint density at radius 3 is 1.19 bits per heavy atom. The molecule has 8 aromatic rings. The van der Waals surface area contributed by atoms with Gasteiger partial charge in [-0.1, -0.05) is 147 Å². The maximum atomic E-state index is 5.09. The molecule has 0 fully saturated rings. The molecule has 0 unspecified atom stereocenters. The molecule has 0 N–H and O–H groups in total. The number of nitrogens with zero attached hydrogens (tertiary/aromatic N) is 2. The first-order chi connectivity index (χ1) is 21.0. The Bertz CT molecular complexity index is 2130. The monoisotopic (exact) mass is 550 g/mol. The molecule has 2 heterocycles. The molecule has 0 aliphatic rings. The van der Waals surface area contributed by atoms with Crippen LogP contribution in [0, 0.1) is 0 Å². The molecule has 0 amide bonds. The molecule has 0 aliphatic heterocycles. The van der Waals surface area contributed by atoms with Gasteiger partial charge in [-0.05, 0) is 34.0 Å². The Morgan fingerprint density at radius 1 is 0.372 bits per heavy atom. The molecule has 0 saturated carbocycles. The molecular weight excluding hydrogens is 520 g/mol. The van der Waals surface area contributed by atoms with Crippen molar-refractivity contribution in [3.63, 3.8) is 0 Å². The Hall–Kier alpha value is -5.34. The number of fused-ring (bicyclic) bond motifs is 6. The van der Waals surface area contributed by atoms with E-state index in [2.05, 4.69) is 159 Å². The number of rotatable bonds is 4. The second-order valence-electron chi connectivity index (χ2n) is 11.9. The van der Waals surface area contributed by atoms with Crippen molar-refractivity contribution < 1.29 is 0 Å². The molecule has 0 aliphatic carbocycles. The third kappa shape index (κ3) is 4.35. The van der Waals surface area contributed by atoms with E-state index in [1.165, 1.54) is 32.7 Å². The molecule has 0 radical (unpaired) electrons. The average Bonchev–Trinajstić information content (AvgIpc) is 3.08. The number of hydrogen-bond donors (Lipinski definition) is 0. The molecule has 43 heavy (non-hydrogen) atoms. The van der Waals surface area contributed by atoms with Gasteiger partial charge in [0.1, 0.15) is 0 Å². The van der Waals surface area contributed by atoms with Gasteiger partial charge in [0.25, 0.3) is 0 Å². The first-order valence-electron chi connectivity index (χ1n) is 14.8. The summed E-state index contributed by atoms with van der Waals surface area (Å²) in [5, 5.41) is 7.14. The predicted molar refractivity (Wildman–Crippen MR) is 181 cm³/mol. The van der Waals surface area contributed by atoms with Gasteiger partial charge in [-0.2, -0.15) is 0 Å². The van der Waals surface area contributed by atoms with E-state index in [4.69, 9.17) is 9.97 Å². The molecule has 0 bridgehead atoms. The van der Waals surface area contributed by atoms with Gasteiger partial charge in [0.2, 0.25) is 0 Å². The topological polar surface area (TPSA) is 25.8 Å². The third-order valence-electron chi connectivity index (χ3n) is 8.97. The summed E-state index contributed by atoms with van der Waals surface area (Å²) >= 11 is 0. The van der Waals surface area contributed by atoms with Crippen molar-refractivity contribution in [3.05, 3.63) is 157 Å².